The molecule has 6 nitrogen and oxygen atoms in total. The van der Waals surface area contributed by atoms with Gasteiger partial charge in [-0.1, -0.05) is 57.9 Å². The predicted molar refractivity (Wildman–Crippen MR) is 113 cm³/mol. The minimum atomic E-state index is -0.947. The van der Waals surface area contributed by atoms with Crippen LogP contribution in [0.25, 0.3) is 0 Å². The van der Waals surface area contributed by atoms with Gasteiger partial charge in [-0.25, -0.2) is 0 Å². The van der Waals surface area contributed by atoms with E-state index in [1.807, 2.05) is 20.8 Å². The first kappa shape index (κ1) is 25.1. The van der Waals surface area contributed by atoms with Crippen molar-refractivity contribution >= 4 is 5.71 Å². The highest BCUT2D eigenvalue weighted by atomic mass is 16.7. The Bertz CT molecular complexity index is 450. The predicted octanol–water partition coefficient (Wildman–Crippen LogP) is 3.99. The largest absolute Gasteiger partial charge is 0.470 e. The highest BCUT2D eigenvalue weighted by Crippen LogP contribution is 2.27. The maximum Gasteiger partial charge on any atom is 0.224 e. The summed E-state index contributed by atoms with van der Waals surface area (Å²) in [5, 5.41) is 20.2. The van der Waals surface area contributed by atoms with E-state index in [4.69, 9.17) is 14.2 Å². The fourth-order valence-electron chi connectivity index (χ4n) is 3.41. The van der Waals surface area contributed by atoms with Gasteiger partial charge in [0.05, 0.1) is 12.9 Å². The fraction of sp³-hybridized carbons (Fsp3) is 0.864. The quantitative estimate of drug-likeness (QED) is 0.262. The molecular formula is C22H41NO5. The molecule has 0 aromatic heterocycles. The van der Waals surface area contributed by atoms with Crippen molar-refractivity contribution in [1.29, 1.82) is 0 Å². The molecule has 0 bridgehead atoms. The number of aliphatic hydroxyl groups excluding tert-OH is 2. The second kappa shape index (κ2) is 15.0. The lowest BCUT2D eigenvalue weighted by atomic mass is 9.97. The molecule has 28 heavy (non-hydrogen) atoms. The molecule has 0 saturated carbocycles. The molecule has 0 amide bonds. The monoisotopic (exact) mass is 399 g/mol. The van der Waals surface area contributed by atoms with Crippen LogP contribution in [0.1, 0.15) is 79.1 Å². The first-order chi connectivity index (χ1) is 13.5. The second-order valence-electron chi connectivity index (χ2n) is 7.70. The maximum atomic E-state index is 10.6. The fourth-order valence-corrected chi connectivity index (χ4v) is 3.41. The molecule has 1 aliphatic rings. The van der Waals surface area contributed by atoms with Crippen LogP contribution < -0.4 is 0 Å². The minimum absolute atomic E-state index is 0.296. The smallest absolute Gasteiger partial charge is 0.224 e. The number of aliphatic hydroxyl groups is 2. The van der Waals surface area contributed by atoms with Crippen LogP contribution in [0.2, 0.25) is 0 Å². The van der Waals surface area contributed by atoms with E-state index in [0.29, 0.717) is 6.61 Å². The van der Waals surface area contributed by atoms with Crippen LogP contribution in [0, 0.1) is 0 Å². The second-order valence-corrected chi connectivity index (χ2v) is 7.70. The van der Waals surface area contributed by atoms with Gasteiger partial charge >= 0.3 is 0 Å². The standard InChI is InChI=1S/C22H41NO5/c1-5-7-8-9-10-11-12-13-15-26-21-19(23-17(3)4)22(27-14-6-2)28-18(16-24)20(21)25/h6,14,18-22,24-25H,5,7-13,15-16H2,1-4H3/b14-6-/t18?,19?,20-,21-,22+/m1/s1. The van der Waals surface area contributed by atoms with Crippen molar-refractivity contribution in [3.8, 4) is 0 Å². The third-order valence-electron chi connectivity index (χ3n) is 4.89. The molecule has 0 spiro atoms. The average Bonchev–Trinajstić information content (AvgIpc) is 2.67. The van der Waals surface area contributed by atoms with Crippen LogP contribution in [0.5, 0.6) is 0 Å². The normalized spacial score (nSPS) is 27.9. The Balaban J connectivity index is 2.57. The molecule has 0 radical (unpaired) electrons. The Morgan fingerprint density at radius 2 is 1.71 bits per heavy atom. The minimum Gasteiger partial charge on any atom is -0.470 e. The van der Waals surface area contributed by atoms with Crippen LogP contribution in [0.4, 0.5) is 0 Å². The summed E-state index contributed by atoms with van der Waals surface area (Å²) in [6, 6.07) is -0.479. The molecule has 0 aromatic rings. The van der Waals surface area contributed by atoms with Gasteiger partial charge in [-0.05, 0) is 27.2 Å². The summed E-state index contributed by atoms with van der Waals surface area (Å²) in [7, 11) is 0. The maximum absolute atomic E-state index is 10.6. The van der Waals surface area contributed by atoms with E-state index >= 15 is 0 Å². The number of rotatable bonds is 14. The average molecular weight is 400 g/mol. The lowest BCUT2D eigenvalue weighted by molar-refractivity contribution is -0.258. The van der Waals surface area contributed by atoms with Gasteiger partial charge in [-0.2, -0.15) is 0 Å². The van der Waals surface area contributed by atoms with Gasteiger partial charge in [0.1, 0.15) is 24.4 Å². The Morgan fingerprint density at radius 3 is 2.29 bits per heavy atom. The summed E-state index contributed by atoms with van der Waals surface area (Å²) in [4.78, 5) is 4.59. The van der Waals surface area contributed by atoms with Gasteiger partial charge in [0.15, 0.2) is 0 Å². The van der Waals surface area contributed by atoms with E-state index in [0.717, 1.165) is 18.6 Å². The van der Waals surface area contributed by atoms with Gasteiger partial charge in [0.2, 0.25) is 6.29 Å². The Labute approximate surface area is 171 Å². The molecule has 1 rings (SSSR count). The first-order valence-corrected chi connectivity index (χ1v) is 10.9. The summed E-state index contributed by atoms with van der Waals surface area (Å²) >= 11 is 0. The molecule has 1 aliphatic heterocycles. The van der Waals surface area contributed by atoms with Gasteiger partial charge in [-0.3, -0.25) is 4.99 Å². The summed E-state index contributed by atoms with van der Waals surface area (Å²) in [5.41, 5.74) is 0.859. The third kappa shape index (κ3) is 9.03. The number of nitrogens with zero attached hydrogens (tertiary/aromatic N) is 1. The summed E-state index contributed by atoms with van der Waals surface area (Å²) < 4.78 is 17.4. The van der Waals surface area contributed by atoms with E-state index < -0.39 is 30.6 Å². The van der Waals surface area contributed by atoms with Crippen LogP contribution in [0.3, 0.4) is 0 Å². The lowest BCUT2D eigenvalue weighted by Crippen LogP contribution is -2.59. The van der Waals surface area contributed by atoms with E-state index in [-0.39, 0.29) is 6.61 Å². The molecule has 5 atom stereocenters. The van der Waals surface area contributed by atoms with Gasteiger partial charge < -0.3 is 24.4 Å². The van der Waals surface area contributed by atoms with E-state index in [1.54, 1.807) is 12.3 Å². The molecule has 0 aromatic carbocycles. The van der Waals surface area contributed by atoms with Gasteiger partial charge in [0.25, 0.3) is 0 Å². The van der Waals surface area contributed by atoms with Crippen LogP contribution in [-0.2, 0) is 14.2 Å². The number of allylic oxidation sites excluding steroid dienone is 1. The van der Waals surface area contributed by atoms with Crippen molar-refractivity contribution in [3.05, 3.63) is 12.3 Å². The van der Waals surface area contributed by atoms with Crippen molar-refractivity contribution in [2.45, 2.75) is 110 Å². The van der Waals surface area contributed by atoms with Gasteiger partial charge in [0, 0.05) is 12.3 Å². The van der Waals surface area contributed by atoms with Crippen LogP contribution >= 0.6 is 0 Å². The molecule has 1 saturated heterocycles. The molecule has 1 fully saturated rings. The van der Waals surface area contributed by atoms with Crippen molar-refractivity contribution in [1.82, 2.24) is 0 Å². The Kier molecular flexibility index (Phi) is 13.4. The molecule has 6 heteroatoms. The molecule has 164 valence electrons. The van der Waals surface area contributed by atoms with Crippen molar-refractivity contribution in [2.75, 3.05) is 13.2 Å². The van der Waals surface area contributed by atoms with Crippen molar-refractivity contribution in [2.24, 2.45) is 4.99 Å². The third-order valence-corrected chi connectivity index (χ3v) is 4.89. The molecule has 2 unspecified atom stereocenters. The Hall–Kier alpha value is -0.950. The molecule has 2 N–H and O–H groups in total. The van der Waals surface area contributed by atoms with Crippen molar-refractivity contribution in [3.63, 3.8) is 0 Å². The highest BCUT2D eigenvalue weighted by molar-refractivity contribution is 5.79. The zero-order valence-electron chi connectivity index (χ0n) is 18.2. The summed E-state index contributed by atoms with van der Waals surface area (Å²) in [6.07, 6.45) is 10.1. The van der Waals surface area contributed by atoms with Crippen LogP contribution in [0.15, 0.2) is 17.3 Å². The first-order valence-electron chi connectivity index (χ1n) is 10.9. The number of aliphatic imine (C=N–C) groups is 1. The molecule has 1 heterocycles. The summed E-state index contributed by atoms with van der Waals surface area (Å²) in [6.45, 7) is 8.13. The number of unbranched alkanes of at least 4 members (excludes halogenated alkanes) is 7. The molecule has 0 aliphatic carbocycles. The number of hydrogen-bond acceptors (Lipinski definition) is 6. The lowest BCUT2D eigenvalue weighted by Gasteiger charge is -2.42. The van der Waals surface area contributed by atoms with Crippen molar-refractivity contribution < 1.29 is 24.4 Å². The van der Waals surface area contributed by atoms with Gasteiger partial charge in [-0.15, -0.1) is 0 Å². The van der Waals surface area contributed by atoms with E-state index in [1.165, 1.54) is 38.5 Å². The summed E-state index contributed by atoms with van der Waals surface area (Å²) in [5.74, 6) is 0. The number of ether oxygens (including phenoxy) is 3. The zero-order chi connectivity index (χ0) is 20.8. The Morgan fingerprint density at radius 1 is 1.07 bits per heavy atom. The van der Waals surface area contributed by atoms with Crippen LogP contribution in [-0.4, -0.2) is 59.8 Å². The SMILES string of the molecule is C/C=C\O[C@H]1OC(CO)[C@@H](O)[C@H](OCCCCCCCCCC)C1N=C(C)C. The molecular weight excluding hydrogens is 358 g/mol. The van der Waals surface area contributed by atoms with E-state index in [2.05, 4.69) is 11.9 Å². The van der Waals surface area contributed by atoms with E-state index in [9.17, 15) is 10.2 Å². The zero-order valence-corrected chi connectivity index (χ0v) is 18.2. The topological polar surface area (TPSA) is 80.5 Å². The number of hydrogen-bond donors (Lipinski definition) is 2. The highest BCUT2D eigenvalue weighted by Gasteiger charge is 2.46.